The van der Waals surface area contributed by atoms with Gasteiger partial charge in [-0.1, -0.05) is 24.3 Å². The molecule has 0 atom stereocenters. The Morgan fingerprint density at radius 2 is 1.93 bits per heavy atom. The van der Waals surface area contributed by atoms with Crippen LogP contribution >= 0.6 is 0 Å². The highest BCUT2D eigenvalue weighted by Gasteiger charge is 1.92. The monoisotopic (exact) mass is 193 g/mol. The van der Waals surface area contributed by atoms with Crippen molar-refractivity contribution in [3.63, 3.8) is 0 Å². The number of benzene rings is 1. The highest BCUT2D eigenvalue weighted by Crippen LogP contribution is 2.01. The average Bonchev–Trinajstić information content (AvgIpc) is 2.25. The molecule has 0 fully saturated rings. The summed E-state index contributed by atoms with van der Waals surface area (Å²) in [6.45, 7) is 2.18. The predicted octanol–water partition coefficient (Wildman–Crippen LogP) is 2.08. The molecule has 0 aromatic heterocycles. The Labute approximate surface area is 85.8 Å². The Hall–Kier alpha value is -0.860. The van der Waals surface area contributed by atoms with Gasteiger partial charge in [-0.05, 0) is 24.5 Å². The fourth-order valence-corrected chi connectivity index (χ4v) is 1.21. The van der Waals surface area contributed by atoms with Gasteiger partial charge in [0.15, 0.2) is 0 Å². The molecule has 14 heavy (non-hydrogen) atoms. The topological polar surface area (TPSA) is 18.5 Å². The first-order valence-corrected chi connectivity index (χ1v) is 4.95. The minimum atomic E-state index is 0.681. The molecule has 0 spiro atoms. The van der Waals surface area contributed by atoms with E-state index in [2.05, 4.69) is 18.2 Å². The van der Waals surface area contributed by atoms with Crippen LogP contribution in [-0.4, -0.2) is 26.9 Å². The van der Waals surface area contributed by atoms with E-state index in [1.807, 2.05) is 12.1 Å². The number of ether oxygens (including phenoxy) is 2. The molecule has 1 aromatic rings. The van der Waals surface area contributed by atoms with E-state index in [1.54, 1.807) is 7.11 Å². The molecule has 0 bridgehead atoms. The van der Waals surface area contributed by atoms with Gasteiger partial charge in [0.05, 0.1) is 13.2 Å². The van der Waals surface area contributed by atoms with Crippen molar-refractivity contribution >= 4 is 0 Å². The zero-order valence-corrected chi connectivity index (χ0v) is 8.66. The van der Waals surface area contributed by atoms with E-state index in [-0.39, 0.29) is 0 Å². The van der Waals surface area contributed by atoms with Crippen LogP contribution in [0, 0.1) is 6.07 Å². The molecule has 0 heterocycles. The van der Waals surface area contributed by atoms with Crippen LogP contribution < -0.4 is 0 Å². The van der Waals surface area contributed by atoms with E-state index in [9.17, 15) is 0 Å². The average molecular weight is 193 g/mol. The van der Waals surface area contributed by atoms with Crippen LogP contribution in [-0.2, 0) is 15.9 Å². The van der Waals surface area contributed by atoms with Gasteiger partial charge in [-0.3, -0.25) is 0 Å². The molecule has 2 heteroatoms. The van der Waals surface area contributed by atoms with Crippen molar-refractivity contribution in [2.45, 2.75) is 12.8 Å². The molecular weight excluding hydrogens is 176 g/mol. The van der Waals surface area contributed by atoms with Crippen molar-refractivity contribution in [3.8, 4) is 0 Å². The highest BCUT2D eigenvalue weighted by atomic mass is 16.5. The molecule has 77 valence electrons. The van der Waals surface area contributed by atoms with E-state index in [0.717, 1.165) is 19.4 Å². The minimum absolute atomic E-state index is 0.681. The first-order chi connectivity index (χ1) is 6.93. The zero-order chi connectivity index (χ0) is 10.1. The molecule has 0 aliphatic heterocycles. The largest absolute Gasteiger partial charge is 0.382 e. The lowest BCUT2D eigenvalue weighted by Gasteiger charge is -2.03. The second-order valence-corrected chi connectivity index (χ2v) is 3.12. The maximum absolute atomic E-state index is 5.36. The Morgan fingerprint density at radius 1 is 1.14 bits per heavy atom. The van der Waals surface area contributed by atoms with Gasteiger partial charge in [-0.15, -0.1) is 0 Å². The number of methoxy groups -OCH3 is 1. The molecule has 0 N–H and O–H groups in total. The van der Waals surface area contributed by atoms with Crippen LogP contribution in [0.5, 0.6) is 0 Å². The lowest BCUT2D eigenvalue weighted by molar-refractivity contribution is 0.0695. The molecule has 0 saturated carbocycles. The number of hydrogen-bond acceptors (Lipinski definition) is 2. The SMILES string of the molecule is COCCOCCCc1cc[c]cc1. The van der Waals surface area contributed by atoms with Crippen molar-refractivity contribution in [1.82, 2.24) is 0 Å². The van der Waals surface area contributed by atoms with Crippen LogP contribution in [0.15, 0.2) is 24.3 Å². The third kappa shape index (κ3) is 5.00. The normalized spacial score (nSPS) is 10.4. The lowest BCUT2D eigenvalue weighted by Crippen LogP contribution is -2.03. The molecule has 1 rings (SSSR count). The molecule has 0 aliphatic rings. The quantitative estimate of drug-likeness (QED) is 0.617. The maximum Gasteiger partial charge on any atom is 0.0700 e. The Morgan fingerprint density at radius 3 is 2.64 bits per heavy atom. The standard InChI is InChI=1S/C12H17O2/c1-13-10-11-14-9-5-8-12-6-3-2-4-7-12/h3-4,6-7H,5,8-11H2,1H3. The van der Waals surface area contributed by atoms with Gasteiger partial charge >= 0.3 is 0 Å². The second-order valence-electron chi connectivity index (χ2n) is 3.12. The van der Waals surface area contributed by atoms with E-state index < -0.39 is 0 Å². The third-order valence-corrected chi connectivity index (χ3v) is 1.97. The van der Waals surface area contributed by atoms with Crippen LogP contribution in [0.4, 0.5) is 0 Å². The van der Waals surface area contributed by atoms with Crippen LogP contribution in [0.3, 0.4) is 0 Å². The van der Waals surface area contributed by atoms with Crippen molar-refractivity contribution < 1.29 is 9.47 Å². The van der Waals surface area contributed by atoms with Crippen LogP contribution in [0.2, 0.25) is 0 Å². The molecule has 0 saturated heterocycles. The maximum atomic E-state index is 5.36. The molecule has 1 aromatic carbocycles. The van der Waals surface area contributed by atoms with E-state index in [4.69, 9.17) is 9.47 Å². The van der Waals surface area contributed by atoms with Crippen molar-refractivity contribution in [2.75, 3.05) is 26.9 Å². The van der Waals surface area contributed by atoms with E-state index >= 15 is 0 Å². The van der Waals surface area contributed by atoms with Gasteiger partial charge in [-0.25, -0.2) is 0 Å². The fourth-order valence-electron chi connectivity index (χ4n) is 1.21. The molecule has 0 aliphatic carbocycles. The van der Waals surface area contributed by atoms with Crippen molar-refractivity contribution in [2.24, 2.45) is 0 Å². The summed E-state index contributed by atoms with van der Waals surface area (Å²) >= 11 is 0. The molecule has 0 amide bonds. The summed E-state index contributed by atoms with van der Waals surface area (Å²) < 4.78 is 10.2. The summed E-state index contributed by atoms with van der Waals surface area (Å²) in [7, 11) is 1.68. The summed E-state index contributed by atoms with van der Waals surface area (Å²) in [4.78, 5) is 0. The van der Waals surface area contributed by atoms with Gasteiger partial charge in [0.25, 0.3) is 0 Å². The summed E-state index contributed by atoms with van der Waals surface area (Å²) in [6.07, 6.45) is 2.13. The Balaban J connectivity index is 1.99. The first-order valence-electron chi connectivity index (χ1n) is 4.95. The van der Waals surface area contributed by atoms with Gasteiger partial charge in [-0.2, -0.15) is 0 Å². The van der Waals surface area contributed by atoms with Gasteiger partial charge in [0.1, 0.15) is 0 Å². The third-order valence-electron chi connectivity index (χ3n) is 1.97. The number of rotatable bonds is 7. The summed E-state index contributed by atoms with van der Waals surface area (Å²) in [5.41, 5.74) is 1.35. The number of hydrogen-bond donors (Lipinski definition) is 0. The lowest BCUT2D eigenvalue weighted by atomic mass is 10.1. The highest BCUT2D eigenvalue weighted by molar-refractivity contribution is 5.13. The van der Waals surface area contributed by atoms with Crippen LogP contribution in [0.1, 0.15) is 12.0 Å². The van der Waals surface area contributed by atoms with E-state index in [0.29, 0.717) is 13.2 Å². The Bertz CT molecular complexity index is 221. The van der Waals surface area contributed by atoms with Crippen molar-refractivity contribution in [3.05, 3.63) is 35.9 Å². The van der Waals surface area contributed by atoms with Crippen molar-refractivity contribution in [1.29, 1.82) is 0 Å². The first kappa shape index (κ1) is 11.2. The molecule has 0 unspecified atom stereocenters. The van der Waals surface area contributed by atoms with Gasteiger partial charge < -0.3 is 9.47 Å². The summed E-state index contributed by atoms with van der Waals surface area (Å²) in [6, 6.07) is 11.1. The summed E-state index contributed by atoms with van der Waals surface area (Å²) in [5.74, 6) is 0. The Kier molecular flexibility index (Phi) is 6.04. The number of aryl methyl sites for hydroxylation is 1. The van der Waals surface area contributed by atoms with E-state index in [1.165, 1.54) is 5.56 Å². The predicted molar refractivity (Wildman–Crippen MR) is 56.3 cm³/mol. The molecular formula is C12H17O2. The summed E-state index contributed by atoms with van der Waals surface area (Å²) in [5, 5.41) is 0. The smallest absolute Gasteiger partial charge is 0.0700 e. The second kappa shape index (κ2) is 7.54. The molecule has 1 radical (unpaired) electrons. The zero-order valence-electron chi connectivity index (χ0n) is 8.66. The molecule has 2 nitrogen and oxygen atoms in total. The minimum Gasteiger partial charge on any atom is -0.382 e. The fraction of sp³-hybridized carbons (Fsp3) is 0.500. The van der Waals surface area contributed by atoms with Crippen LogP contribution in [0.25, 0.3) is 0 Å². The van der Waals surface area contributed by atoms with Gasteiger partial charge in [0.2, 0.25) is 0 Å². The van der Waals surface area contributed by atoms with Gasteiger partial charge in [0, 0.05) is 13.7 Å².